The van der Waals surface area contributed by atoms with Gasteiger partial charge in [-0.1, -0.05) is 71.8 Å². The number of hydrogen-bond acceptors (Lipinski definition) is 1. The van der Waals surface area contributed by atoms with E-state index < -0.39 is 11.7 Å². The molecule has 0 amide bonds. The SMILES string of the molecule is Cc1ccc2c(c1)c1ccccc1n2-c1ccc(-c2ccc(C(F)(F)F)cc2C)c(-c2cc(C#N)ccc2-n2c3ccccc3c3cc(C)ccc32)c1. The number of aryl methyl sites for hydroxylation is 3. The number of benzene rings is 7. The minimum Gasteiger partial charge on any atom is -0.309 e. The van der Waals surface area contributed by atoms with Crippen molar-refractivity contribution in [3.05, 3.63) is 167 Å². The molecule has 2 heterocycles. The van der Waals surface area contributed by atoms with Gasteiger partial charge in [-0.05, 0) is 122 Å². The molecule has 3 nitrogen and oxygen atoms in total. The van der Waals surface area contributed by atoms with Gasteiger partial charge in [-0.25, -0.2) is 0 Å². The van der Waals surface area contributed by atoms with Gasteiger partial charge < -0.3 is 9.13 Å². The maximum Gasteiger partial charge on any atom is 0.416 e. The van der Waals surface area contributed by atoms with Crippen molar-refractivity contribution >= 4 is 43.6 Å². The predicted octanol–water partition coefficient (Wildman–Crippen LogP) is 13.0. The van der Waals surface area contributed by atoms with Gasteiger partial charge >= 0.3 is 6.18 Å². The average Bonchev–Trinajstić information content (AvgIpc) is 3.66. The van der Waals surface area contributed by atoms with Crippen LogP contribution in [0.1, 0.15) is 27.8 Å². The molecule has 0 bridgehead atoms. The molecule has 6 heteroatoms. The first-order valence-corrected chi connectivity index (χ1v) is 17.5. The predicted molar refractivity (Wildman–Crippen MR) is 210 cm³/mol. The number of nitrogens with zero attached hydrogens (tertiary/aromatic N) is 3. The molecule has 0 fully saturated rings. The fourth-order valence-corrected chi connectivity index (χ4v) is 8.00. The van der Waals surface area contributed by atoms with E-state index >= 15 is 0 Å². The Morgan fingerprint density at radius 3 is 1.70 bits per heavy atom. The number of nitriles is 1. The molecule has 256 valence electrons. The summed E-state index contributed by atoms with van der Waals surface area (Å²) >= 11 is 0. The summed E-state index contributed by atoms with van der Waals surface area (Å²) in [5, 5.41) is 14.7. The highest BCUT2D eigenvalue weighted by Gasteiger charge is 2.31. The first-order valence-electron chi connectivity index (χ1n) is 17.5. The van der Waals surface area contributed by atoms with E-state index in [1.165, 1.54) is 6.07 Å². The van der Waals surface area contributed by atoms with E-state index in [0.29, 0.717) is 16.7 Å². The molecule has 53 heavy (non-hydrogen) atoms. The number of alkyl halides is 3. The molecule has 0 saturated carbocycles. The van der Waals surface area contributed by atoms with Gasteiger partial charge in [0.15, 0.2) is 0 Å². The fourth-order valence-electron chi connectivity index (χ4n) is 8.00. The third-order valence-electron chi connectivity index (χ3n) is 10.4. The summed E-state index contributed by atoms with van der Waals surface area (Å²) in [5.41, 5.74) is 11.5. The molecule has 2 aromatic heterocycles. The lowest BCUT2D eigenvalue weighted by Gasteiger charge is -2.20. The molecule has 0 aliphatic carbocycles. The summed E-state index contributed by atoms with van der Waals surface area (Å²) < 4.78 is 46.1. The van der Waals surface area contributed by atoms with Crippen molar-refractivity contribution in [2.75, 3.05) is 0 Å². The maximum atomic E-state index is 13.9. The summed E-state index contributed by atoms with van der Waals surface area (Å²) in [5.74, 6) is 0. The summed E-state index contributed by atoms with van der Waals surface area (Å²) in [7, 11) is 0. The van der Waals surface area contributed by atoms with Crippen LogP contribution in [-0.2, 0) is 6.18 Å². The van der Waals surface area contributed by atoms with E-state index in [4.69, 9.17) is 0 Å². The fraction of sp³-hybridized carbons (Fsp3) is 0.0851. The zero-order valence-corrected chi connectivity index (χ0v) is 29.3. The zero-order valence-electron chi connectivity index (χ0n) is 29.3. The van der Waals surface area contributed by atoms with Gasteiger partial charge in [0.25, 0.3) is 0 Å². The molecule has 0 unspecified atom stereocenters. The third kappa shape index (κ3) is 5.19. The van der Waals surface area contributed by atoms with Crippen LogP contribution in [0.4, 0.5) is 13.2 Å². The maximum absolute atomic E-state index is 13.9. The molecule has 0 aliphatic rings. The van der Waals surface area contributed by atoms with E-state index in [-0.39, 0.29) is 0 Å². The average molecular weight is 696 g/mol. The standard InChI is InChI=1S/C47H32F3N3/c1-28-12-19-44-39(22-28)36-8-4-6-10-42(36)52(44)33-16-18-35(34-17-15-32(24-30(34)3)47(48,49)50)38(26-33)41-25-31(27-51)14-21-46(41)53-43-11-7-5-9-37(43)40-23-29(2)13-20-45(40)53/h4-26H,1-3H3. The van der Waals surface area contributed by atoms with Crippen molar-refractivity contribution in [1.82, 2.24) is 9.13 Å². The highest BCUT2D eigenvalue weighted by atomic mass is 19.4. The smallest absolute Gasteiger partial charge is 0.309 e. The van der Waals surface area contributed by atoms with Crippen LogP contribution in [0.15, 0.2) is 140 Å². The Labute approximate surface area is 304 Å². The Morgan fingerprint density at radius 1 is 0.491 bits per heavy atom. The van der Waals surface area contributed by atoms with Crippen molar-refractivity contribution in [1.29, 1.82) is 5.26 Å². The Balaban J connectivity index is 1.40. The van der Waals surface area contributed by atoms with Gasteiger partial charge in [0.05, 0.1) is 45.0 Å². The largest absolute Gasteiger partial charge is 0.416 e. The van der Waals surface area contributed by atoms with E-state index in [1.807, 2.05) is 54.6 Å². The lowest BCUT2D eigenvalue weighted by Crippen LogP contribution is -2.05. The molecular formula is C47H32F3N3. The Bertz CT molecular complexity index is 2990. The molecule has 0 atom stereocenters. The molecular weight excluding hydrogens is 664 g/mol. The van der Waals surface area contributed by atoms with Gasteiger partial charge in [-0.15, -0.1) is 0 Å². The highest BCUT2D eigenvalue weighted by molar-refractivity contribution is 6.11. The number of halogens is 3. The van der Waals surface area contributed by atoms with Crippen molar-refractivity contribution in [2.45, 2.75) is 26.9 Å². The van der Waals surface area contributed by atoms with Gasteiger partial charge in [-0.2, -0.15) is 18.4 Å². The Morgan fingerprint density at radius 2 is 1.08 bits per heavy atom. The highest BCUT2D eigenvalue weighted by Crippen LogP contribution is 2.44. The van der Waals surface area contributed by atoms with Crippen LogP contribution < -0.4 is 0 Å². The minimum absolute atomic E-state index is 0.480. The topological polar surface area (TPSA) is 33.6 Å². The van der Waals surface area contributed by atoms with Crippen LogP contribution in [0, 0.1) is 32.1 Å². The minimum atomic E-state index is -4.46. The summed E-state index contributed by atoms with van der Waals surface area (Å²) in [6.07, 6.45) is -4.46. The lowest BCUT2D eigenvalue weighted by atomic mass is 9.89. The van der Waals surface area contributed by atoms with Crippen molar-refractivity contribution in [3.63, 3.8) is 0 Å². The third-order valence-corrected chi connectivity index (χ3v) is 10.4. The number of rotatable bonds is 4. The summed E-state index contributed by atoms with van der Waals surface area (Å²) in [4.78, 5) is 0. The van der Waals surface area contributed by atoms with Crippen LogP contribution in [-0.4, -0.2) is 9.13 Å². The second-order valence-electron chi connectivity index (χ2n) is 13.8. The van der Waals surface area contributed by atoms with Gasteiger partial charge in [0, 0.05) is 32.8 Å². The second kappa shape index (κ2) is 12.0. The molecule has 0 N–H and O–H groups in total. The number of hydrogen-bond donors (Lipinski definition) is 0. The van der Waals surface area contributed by atoms with E-state index in [2.05, 4.69) is 95.8 Å². The van der Waals surface area contributed by atoms with Crippen molar-refractivity contribution < 1.29 is 13.2 Å². The molecule has 0 spiro atoms. The first kappa shape index (κ1) is 32.3. The van der Waals surface area contributed by atoms with Crippen LogP contribution >= 0.6 is 0 Å². The Kier molecular flexibility index (Phi) is 7.32. The summed E-state index contributed by atoms with van der Waals surface area (Å²) in [6.45, 7) is 5.89. The first-order chi connectivity index (χ1) is 25.6. The molecule has 9 rings (SSSR count). The molecule has 0 aliphatic heterocycles. The second-order valence-corrected chi connectivity index (χ2v) is 13.8. The monoisotopic (exact) mass is 695 g/mol. The quantitative estimate of drug-likeness (QED) is 0.180. The molecule has 9 aromatic rings. The lowest BCUT2D eigenvalue weighted by molar-refractivity contribution is -0.137. The van der Waals surface area contributed by atoms with Crippen LogP contribution in [0.25, 0.3) is 77.2 Å². The number of para-hydroxylation sites is 2. The molecule has 0 saturated heterocycles. The van der Waals surface area contributed by atoms with Gasteiger partial charge in [0.2, 0.25) is 0 Å². The number of aromatic nitrogens is 2. The van der Waals surface area contributed by atoms with Crippen LogP contribution in [0.5, 0.6) is 0 Å². The van der Waals surface area contributed by atoms with Crippen molar-refractivity contribution in [2.24, 2.45) is 0 Å². The molecule has 0 radical (unpaired) electrons. The molecule has 7 aromatic carbocycles. The normalized spacial score (nSPS) is 11.9. The van der Waals surface area contributed by atoms with Crippen LogP contribution in [0.3, 0.4) is 0 Å². The van der Waals surface area contributed by atoms with Crippen molar-refractivity contribution in [3.8, 4) is 39.7 Å². The van der Waals surface area contributed by atoms with Gasteiger partial charge in [0.1, 0.15) is 0 Å². The number of fused-ring (bicyclic) bond motifs is 6. The van der Waals surface area contributed by atoms with E-state index in [9.17, 15) is 18.4 Å². The Hall–Kier alpha value is -6.58. The summed E-state index contributed by atoms with van der Waals surface area (Å²) in [6, 6.07) is 47.6. The van der Waals surface area contributed by atoms with Gasteiger partial charge in [-0.3, -0.25) is 0 Å². The van der Waals surface area contributed by atoms with Crippen LogP contribution in [0.2, 0.25) is 0 Å². The zero-order chi connectivity index (χ0) is 36.6. The van der Waals surface area contributed by atoms with E-state index in [1.54, 1.807) is 13.0 Å². The van der Waals surface area contributed by atoms with E-state index in [0.717, 1.165) is 88.9 Å².